The molecule has 0 spiro atoms. The van der Waals surface area contributed by atoms with E-state index in [2.05, 4.69) is 35.0 Å². The average Bonchev–Trinajstić information content (AvgIpc) is 3.63. The predicted octanol–water partition coefficient (Wildman–Crippen LogP) is 3.87. The van der Waals surface area contributed by atoms with Crippen LogP contribution < -0.4 is 14.8 Å². The van der Waals surface area contributed by atoms with Crippen LogP contribution in [0.1, 0.15) is 39.3 Å². The molecule has 0 unspecified atom stereocenters. The number of aromatic nitrogens is 5. The summed E-state index contributed by atoms with van der Waals surface area (Å²) in [7, 11) is 0. The molecule has 9 nitrogen and oxygen atoms in total. The number of carbonyl (C=O) groups is 1. The summed E-state index contributed by atoms with van der Waals surface area (Å²) in [5.41, 5.74) is 1.17. The van der Waals surface area contributed by atoms with Crippen molar-refractivity contribution in [3.8, 4) is 17.1 Å². The Morgan fingerprint density at radius 3 is 2.72 bits per heavy atom. The molecule has 0 atom stereocenters. The zero-order valence-electron chi connectivity index (χ0n) is 18.2. The summed E-state index contributed by atoms with van der Waals surface area (Å²) in [5.74, 6) is 1.20. The van der Waals surface area contributed by atoms with E-state index in [9.17, 15) is 4.79 Å². The first-order valence-electron chi connectivity index (χ1n) is 10.4. The predicted molar refractivity (Wildman–Crippen MR) is 124 cm³/mol. The number of hydrogen-bond donors (Lipinski definition) is 2. The molecule has 3 aromatic rings. The first-order valence-corrected chi connectivity index (χ1v) is 11.3. The third-order valence-corrected chi connectivity index (χ3v) is 6.02. The normalized spacial score (nSPS) is 13.5. The van der Waals surface area contributed by atoms with Gasteiger partial charge in [-0.05, 0) is 63.8 Å². The van der Waals surface area contributed by atoms with Gasteiger partial charge in [-0.2, -0.15) is 0 Å². The van der Waals surface area contributed by atoms with Gasteiger partial charge in [0.15, 0.2) is 0 Å². The van der Waals surface area contributed by atoms with Gasteiger partial charge in [-0.15, -0.1) is 0 Å². The molecule has 1 aliphatic carbocycles. The van der Waals surface area contributed by atoms with Gasteiger partial charge in [-0.1, -0.05) is 0 Å². The Morgan fingerprint density at radius 1 is 1.16 bits per heavy atom. The second-order valence-corrected chi connectivity index (χ2v) is 8.98. The lowest BCUT2D eigenvalue weighted by Gasteiger charge is -2.23. The molecule has 0 saturated heterocycles. The van der Waals surface area contributed by atoms with Crippen LogP contribution in [0, 0.1) is 0 Å². The number of nitrogens with zero attached hydrogens (tertiary/aromatic N) is 5. The molecular formula is C22H25N7O2S. The van der Waals surface area contributed by atoms with Gasteiger partial charge in [0.05, 0.1) is 35.8 Å². The van der Waals surface area contributed by atoms with Gasteiger partial charge in [0.2, 0.25) is 17.7 Å². The van der Waals surface area contributed by atoms with E-state index >= 15 is 0 Å². The van der Waals surface area contributed by atoms with Crippen LogP contribution >= 0.6 is 11.9 Å². The van der Waals surface area contributed by atoms with Crippen molar-refractivity contribution in [3.05, 3.63) is 48.7 Å². The van der Waals surface area contributed by atoms with Crippen LogP contribution in [-0.2, 0) is 10.2 Å². The van der Waals surface area contributed by atoms with Crippen molar-refractivity contribution in [1.82, 2.24) is 24.9 Å². The van der Waals surface area contributed by atoms with Crippen molar-refractivity contribution in [2.75, 3.05) is 16.6 Å². The summed E-state index contributed by atoms with van der Waals surface area (Å²) in [5, 5.41) is 3.50. The molecule has 32 heavy (non-hydrogen) atoms. The Morgan fingerprint density at radius 2 is 2.00 bits per heavy atom. The lowest BCUT2D eigenvalue weighted by Crippen LogP contribution is -2.36. The average molecular weight is 452 g/mol. The van der Waals surface area contributed by atoms with Crippen molar-refractivity contribution in [1.29, 1.82) is 0 Å². The van der Waals surface area contributed by atoms with E-state index in [4.69, 9.17) is 4.74 Å². The Bertz CT molecular complexity index is 1090. The highest BCUT2D eigenvalue weighted by Crippen LogP contribution is 2.34. The number of carbonyl (C=O) groups excluding carboxylic acids is 1. The van der Waals surface area contributed by atoms with Crippen LogP contribution in [0.5, 0.6) is 5.88 Å². The highest BCUT2D eigenvalue weighted by atomic mass is 32.2. The van der Waals surface area contributed by atoms with E-state index in [0.717, 1.165) is 5.56 Å². The maximum atomic E-state index is 13.0. The van der Waals surface area contributed by atoms with Crippen molar-refractivity contribution in [2.45, 2.75) is 44.3 Å². The van der Waals surface area contributed by atoms with Gasteiger partial charge in [-0.3, -0.25) is 14.5 Å². The summed E-state index contributed by atoms with van der Waals surface area (Å²) in [6.07, 6.45) is 8.93. The number of ether oxygens (including phenoxy) is 1. The van der Waals surface area contributed by atoms with Crippen molar-refractivity contribution >= 4 is 29.6 Å². The van der Waals surface area contributed by atoms with Crippen LogP contribution in [0.2, 0.25) is 0 Å². The largest absolute Gasteiger partial charge is 0.477 e. The van der Waals surface area contributed by atoms with Crippen LogP contribution in [0.3, 0.4) is 0 Å². The minimum atomic E-state index is -0.874. The summed E-state index contributed by atoms with van der Waals surface area (Å²) in [6.45, 7) is 6.05. The first kappa shape index (κ1) is 21.9. The number of pyridine rings is 1. The van der Waals surface area contributed by atoms with Crippen LogP contribution in [-0.4, -0.2) is 42.7 Å². The quantitative estimate of drug-likeness (QED) is 0.468. The Kier molecular flexibility index (Phi) is 6.50. The number of amides is 1. The van der Waals surface area contributed by atoms with E-state index in [1.54, 1.807) is 48.9 Å². The van der Waals surface area contributed by atoms with E-state index in [0.29, 0.717) is 40.9 Å². The molecule has 1 saturated carbocycles. The van der Waals surface area contributed by atoms with Crippen molar-refractivity contribution in [2.24, 2.45) is 0 Å². The lowest BCUT2D eigenvalue weighted by atomic mass is 9.88. The number of rotatable bonds is 9. The molecule has 0 radical (unpaired) electrons. The molecule has 166 valence electrons. The smallest absolute Gasteiger partial charge is 0.237 e. The second-order valence-electron chi connectivity index (χ2n) is 7.87. The third-order valence-electron chi connectivity index (χ3n) is 4.91. The lowest BCUT2D eigenvalue weighted by molar-refractivity contribution is -0.120. The molecule has 0 bridgehead atoms. The number of nitrogens with one attached hydrogen (secondary N) is 2. The molecule has 0 aliphatic heterocycles. The zero-order chi connectivity index (χ0) is 22.6. The topological polar surface area (TPSA) is 115 Å². The molecule has 1 fully saturated rings. The molecule has 1 amide bonds. The molecule has 3 aromatic heterocycles. The number of anilines is 2. The summed E-state index contributed by atoms with van der Waals surface area (Å²) in [6, 6.07) is 5.32. The van der Waals surface area contributed by atoms with E-state index in [-0.39, 0.29) is 5.91 Å². The highest BCUT2D eigenvalue weighted by molar-refractivity contribution is 8.01. The highest BCUT2D eigenvalue weighted by Gasteiger charge is 2.32. The van der Waals surface area contributed by atoms with Crippen LogP contribution in [0.4, 0.5) is 11.8 Å². The minimum Gasteiger partial charge on any atom is -0.477 e. The standard InChI is InChI=1S/C22H25N7O2S/c1-4-31-19-13-23-12-16(26-19)14-5-8-18(25-11-14)28-20(30)22(2,3)17-9-10-24-21(27-17)29-32-15-6-7-15/h5,8-13,15H,4,6-7H2,1-3H3,(H,24,27,29)(H,25,28,30). The Balaban J connectivity index is 1.43. The van der Waals surface area contributed by atoms with Gasteiger partial charge in [-0.25, -0.2) is 19.9 Å². The molecule has 0 aromatic carbocycles. The summed E-state index contributed by atoms with van der Waals surface area (Å²) >= 11 is 1.63. The second kappa shape index (κ2) is 9.47. The third kappa shape index (κ3) is 5.31. The zero-order valence-corrected chi connectivity index (χ0v) is 19.0. The van der Waals surface area contributed by atoms with E-state index < -0.39 is 5.41 Å². The fourth-order valence-electron chi connectivity index (χ4n) is 2.79. The summed E-state index contributed by atoms with van der Waals surface area (Å²) < 4.78 is 8.57. The van der Waals surface area contributed by atoms with Crippen molar-refractivity contribution in [3.63, 3.8) is 0 Å². The summed E-state index contributed by atoms with van der Waals surface area (Å²) in [4.78, 5) is 34.7. The molecule has 10 heteroatoms. The SMILES string of the molecule is CCOc1cncc(-c2ccc(NC(=O)C(C)(C)c3ccnc(NSC4CC4)n3)nc2)n1. The maximum Gasteiger partial charge on any atom is 0.237 e. The number of hydrogen-bond acceptors (Lipinski definition) is 9. The molecule has 3 heterocycles. The van der Waals surface area contributed by atoms with Gasteiger partial charge in [0.25, 0.3) is 0 Å². The molecular weight excluding hydrogens is 426 g/mol. The monoisotopic (exact) mass is 451 g/mol. The van der Waals surface area contributed by atoms with E-state index in [1.165, 1.54) is 12.8 Å². The first-order chi connectivity index (χ1) is 15.5. The maximum absolute atomic E-state index is 13.0. The van der Waals surface area contributed by atoms with Gasteiger partial charge in [0, 0.05) is 23.2 Å². The van der Waals surface area contributed by atoms with Crippen molar-refractivity contribution < 1.29 is 9.53 Å². The van der Waals surface area contributed by atoms with Gasteiger partial charge >= 0.3 is 0 Å². The Hall–Kier alpha value is -3.27. The van der Waals surface area contributed by atoms with Crippen LogP contribution in [0.15, 0.2) is 43.0 Å². The molecule has 1 aliphatic rings. The minimum absolute atomic E-state index is 0.213. The van der Waals surface area contributed by atoms with Gasteiger partial charge in [0.1, 0.15) is 5.82 Å². The molecule has 2 N–H and O–H groups in total. The fraction of sp³-hybridized carbons (Fsp3) is 0.364. The Labute approximate surface area is 191 Å². The van der Waals surface area contributed by atoms with Crippen LogP contribution in [0.25, 0.3) is 11.3 Å². The van der Waals surface area contributed by atoms with Gasteiger partial charge < -0.3 is 10.1 Å². The molecule has 4 rings (SSSR count). The fourth-order valence-corrected chi connectivity index (χ4v) is 3.53. The van der Waals surface area contributed by atoms with E-state index in [1.807, 2.05) is 26.8 Å².